The number of carbonyl (C=O) groups is 2. The second kappa shape index (κ2) is 5.67. The van der Waals surface area contributed by atoms with Crippen LogP contribution in [0.25, 0.3) is 0 Å². The standard InChI is InChI=1S/C12H22N4O2/c13-11(17)9-5-6-16(7-9)12(18)8-1-3-10(15-14)4-2-8/h8-10,15H,1-7,14H2,(H2,13,17). The first-order chi connectivity index (χ1) is 8.61. The fourth-order valence-electron chi connectivity index (χ4n) is 2.96. The summed E-state index contributed by atoms with van der Waals surface area (Å²) >= 11 is 0. The Kier molecular flexibility index (Phi) is 4.19. The molecular weight excluding hydrogens is 232 g/mol. The summed E-state index contributed by atoms with van der Waals surface area (Å²) in [5.74, 6) is 5.24. The van der Waals surface area contributed by atoms with E-state index >= 15 is 0 Å². The maximum absolute atomic E-state index is 12.3. The molecule has 6 nitrogen and oxygen atoms in total. The van der Waals surface area contributed by atoms with Gasteiger partial charge in [-0.2, -0.15) is 0 Å². The molecular formula is C12H22N4O2. The summed E-state index contributed by atoms with van der Waals surface area (Å²) in [5.41, 5.74) is 8.04. The third kappa shape index (κ3) is 2.81. The monoisotopic (exact) mass is 254 g/mol. The summed E-state index contributed by atoms with van der Waals surface area (Å²) in [6.45, 7) is 1.17. The van der Waals surface area contributed by atoms with Crippen molar-refractivity contribution in [1.82, 2.24) is 10.3 Å². The topological polar surface area (TPSA) is 101 Å². The predicted octanol–water partition coefficient (Wildman–Crippen LogP) is -0.658. The normalized spacial score (nSPS) is 32.5. The highest BCUT2D eigenvalue weighted by molar-refractivity contribution is 5.82. The van der Waals surface area contributed by atoms with Gasteiger partial charge in [0.1, 0.15) is 0 Å². The summed E-state index contributed by atoms with van der Waals surface area (Å²) in [6.07, 6.45) is 4.36. The first-order valence-corrected chi connectivity index (χ1v) is 6.66. The van der Waals surface area contributed by atoms with Gasteiger partial charge in [-0.05, 0) is 32.1 Å². The van der Waals surface area contributed by atoms with Gasteiger partial charge in [-0.3, -0.25) is 20.9 Å². The van der Waals surface area contributed by atoms with Crippen LogP contribution < -0.4 is 17.0 Å². The Hall–Kier alpha value is -1.14. The molecule has 2 rings (SSSR count). The molecule has 0 bridgehead atoms. The molecule has 1 heterocycles. The minimum atomic E-state index is -0.290. The molecule has 0 radical (unpaired) electrons. The third-order valence-electron chi connectivity index (χ3n) is 4.21. The molecule has 18 heavy (non-hydrogen) atoms. The highest BCUT2D eigenvalue weighted by atomic mass is 16.2. The molecule has 102 valence electrons. The van der Waals surface area contributed by atoms with E-state index in [0.717, 1.165) is 25.7 Å². The zero-order chi connectivity index (χ0) is 13.1. The summed E-state index contributed by atoms with van der Waals surface area (Å²) in [4.78, 5) is 25.2. The Morgan fingerprint density at radius 1 is 1.06 bits per heavy atom. The summed E-state index contributed by atoms with van der Waals surface area (Å²) in [7, 11) is 0. The van der Waals surface area contributed by atoms with Gasteiger partial charge in [0.2, 0.25) is 11.8 Å². The first kappa shape index (κ1) is 13.3. The third-order valence-corrected chi connectivity index (χ3v) is 4.21. The van der Waals surface area contributed by atoms with Crippen LogP contribution in [0, 0.1) is 11.8 Å². The molecule has 6 heteroatoms. The van der Waals surface area contributed by atoms with Crippen molar-refractivity contribution in [3.63, 3.8) is 0 Å². The maximum atomic E-state index is 12.3. The minimum Gasteiger partial charge on any atom is -0.369 e. The van der Waals surface area contributed by atoms with Crippen LogP contribution in [-0.4, -0.2) is 35.8 Å². The number of rotatable bonds is 3. The molecule has 1 aliphatic heterocycles. The number of nitrogens with one attached hydrogen (secondary N) is 1. The molecule has 0 spiro atoms. The van der Waals surface area contributed by atoms with Crippen LogP contribution in [0.5, 0.6) is 0 Å². The molecule has 1 saturated heterocycles. The first-order valence-electron chi connectivity index (χ1n) is 6.66. The van der Waals surface area contributed by atoms with Crippen molar-refractivity contribution in [1.29, 1.82) is 0 Å². The number of hydrazine groups is 1. The van der Waals surface area contributed by atoms with Crippen LogP contribution in [0.1, 0.15) is 32.1 Å². The van der Waals surface area contributed by atoms with E-state index in [4.69, 9.17) is 11.6 Å². The summed E-state index contributed by atoms with van der Waals surface area (Å²) < 4.78 is 0. The molecule has 0 aromatic heterocycles. The Morgan fingerprint density at radius 2 is 1.72 bits per heavy atom. The van der Waals surface area contributed by atoms with Crippen molar-refractivity contribution in [2.24, 2.45) is 23.4 Å². The number of hydrogen-bond acceptors (Lipinski definition) is 4. The van der Waals surface area contributed by atoms with Gasteiger partial charge in [-0.1, -0.05) is 0 Å². The molecule has 0 aromatic rings. The lowest BCUT2D eigenvalue weighted by Crippen LogP contribution is -2.42. The van der Waals surface area contributed by atoms with Crippen LogP contribution in [0.15, 0.2) is 0 Å². The van der Waals surface area contributed by atoms with Crippen molar-refractivity contribution in [2.75, 3.05) is 13.1 Å². The fraction of sp³-hybridized carbons (Fsp3) is 0.833. The number of carbonyl (C=O) groups excluding carboxylic acids is 2. The lowest BCUT2D eigenvalue weighted by Gasteiger charge is -2.30. The van der Waals surface area contributed by atoms with Gasteiger partial charge >= 0.3 is 0 Å². The van der Waals surface area contributed by atoms with Gasteiger partial charge in [0.05, 0.1) is 5.92 Å². The largest absolute Gasteiger partial charge is 0.369 e. The fourth-order valence-corrected chi connectivity index (χ4v) is 2.96. The lowest BCUT2D eigenvalue weighted by atomic mass is 9.85. The molecule has 1 unspecified atom stereocenters. The molecule has 1 saturated carbocycles. The number of hydrogen-bond donors (Lipinski definition) is 3. The highest BCUT2D eigenvalue weighted by Gasteiger charge is 2.34. The van der Waals surface area contributed by atoms with E-state index in [1.807, 2.05) is 0 Å². The minimum absolute atomic E-state index is 0.0984. The number of nitrogens with two attached hydrogens (primary N) is 2. The van der Waals surface area contributed by atoms with Gasteiger partial charge in [0, 0.05) is 25.0 Å². The van der Waals surface area contributed by atoms with E-state index in [2.05, 4.69) is 5.43 Å². The SMILES string of the molecule is NNC1CCC(C(=O)N2CCC(C(N)=O)C2)CC1. The molecule has 2 aliphatic rings. The van der Waals surface area contributed by atoms with Crippen molar-refractivity contribution in [3.05, 3.63) is 0 Å². The summed E-state index contributed by atoms with van der Waals surface area (Å²) in [5, 5.41) is 0. The van der Waals surface area contributed by atoms with Gasteiger partial charge in [-0.15, -0.1) is 0 Å². The van der Waals surface area contributed by atoms with Crippen LogP contribution >= 0.6 is 0 Å². The van der Waals surface area contributed by atoms with Crippen molar-refractivity contribution >= 4 is 11.8 Å². The van der Waals surface area contributed by atoms with Crippen molar-refractivity contribution in [2.45, 2.75) is 38.1 Å². The zero-order valence-corrected chi connectivity index (χ0v) is 10.6. The van der Waals surface area contributed by atoms with Crippen LogP contribution in [0.4, 0.5) is 0 Å². The Morgan fingerprint density at radius 3 is 2.22 bits per heavy atom. The Bertz CT molecular complexity index is 326. The number of amides is 2. The van der Waals surface area contributed by atoms with E-state index in [-0.39, 0.29) is 23.7 Å². The van der Waals surface area contributed by atoms with Gasteiger partial charge in [0.15, 0.2) is 0 Å². The molecule has 0 aromatic carbocycles. The van der Waals surface area contributed by atoms with Gasteiger partial charge in [-0.25, -0.2) is 0 Å². The number of nitrogens with zero attached hydrogens (tertiary/aromatic N) is 1. The Balaban J connectivity index is 1.84. The van der Waals surface area contributed by atoms with Gasteiger partial charge < -0.3 is 10.6 Å². The van der Waals surface area contributed by atoms with Gasteiger partial charge in [0.25, 0.3) is 0 Å². The van der Waals surface area contributed by atoms with E-state index in [9.17, 15) is 9.59 Å². The quantitative estimate of drug-likeness (QED) is 0.460. The lowest BCUT2D eigenvalue weighted by molar-refractivity contribution is -0.135. The average molecular weight is 254 g/mol. The zero-order valence-electron chi connectivity index (χ0n) is 10.6. The molecule has 5 N–H and O–H groups in total. The van der Waals surface area contributed by atoms with Crippen LogP contribution in [0.3, 0.4) is 0 Å². The van der Waals surface area contributed by atoms with E-state index in [1.54, 1.807) is 4.90 Å². The predicted molar refractivity (Wildman–Crippen MR) is 67.0 cm³/mol. The molecule has 2 fully saturated rings. The average Bonchev–Trinajstić information content (AvgIpc) is 2.88. The molecule has 2 amide bonds. The van der Waals surface area contributed by atoms with Crippen molar-refractivity contribution in [3.8, 4) is 0 Å². The maximum Gasteiger partial charge on any atom is 0.225 e. The Labute approximate surface area is 107 Å². The number of likely N-dealkylation sites (tertiary alicyclic amines) is 1. The van der Waals surface area contributed by atoms with E-state index < -0.39 is 0 Å². The van der Waals surface area contributed by atoms with Crippen LogP contribution in [0.2, 0.25) is 0 Å². The second-order valence-corrected chi connectivity index (χ2v) is 5.39. The van der Waals surface area contributed by atoms with Crippen molar-refractivity contribution < 1.29 is 9.59 Å². The number of primary amides is 1. The molecule has 1 aliphatic carbocycles. The highest BCUT2D eigenvalue weighted by Crippen LogP contribution is 2.27. The van der Waals surface area contributed by atoms with Crippen LogP contribution in [-0.2, 0) is 9.59 Å². The van der Waals surface area contributed by atoms with E-state index in [0.29, 0.717) is 25.6 Å². The smallest absolute Gasteiger partial charge is 0.225 e. The second-order valence-electron chi connectivity index (χ2n) is 5.39. The molecule has 1 atom stereocenters. The van der Waals surface area contributed by atoms with E-state index in [1.165, 1.54) is 0 Å². The summed E-state index contributed by atoms with van der Waals surface area (Å²) in [6, 6.07) is 0.339.